The van der Waals surface area contributed by atoms with Crippen LogP contribution in [-0.4, -0.2) is 34.7 Å². The zero-order valence-corrected chi connectivity index (χ0v) is 23.1. The van der Waals surface area contributed by atoms with E-state index in [4.69, 9.17) is 13.9 Å². The minimum absolute atomic E-state index is 0.00506. The number of allylic oxidation sites excluding steroid dienone is 1. The molecule has 0 aliphatic carbocycles. The quantitative estimate of drug-likeness (QED) is 0.213. The minimum atomic E-state index is -0.699. The Morgan fingerprint density at radius 3 is 2.51 bits per heavy atom. The number of fused-ring (bicyclic) bond motifs is 2. The van der Waals surface area contributed by atoms with E-state index in [0.717, 1.165) is 5.56 Å². The van der Waals surface area contributed by atoms with Crippen LogP contribution in [0.5, 0.6) is 11.5 Å². The molecule has 2 aliphatic rings. The van der Waals surface area contributed by atoms with Crippen LogP contribution in [0.4, 0.5) is 0 Å². The lowest BCUT2D eigenvalue weighted by Crippen LogP contribution is -2.23. The van der Waals surface area contributed by atoms with Crippen LogP contribution in [0.15, 0.2) is 53.0 Å². The lowest BCUT2D eigenvalue weighted by molar-refractivity contribution is -0.135. The van der Waals surface area contributed by atoms with Gasteiger partial charge in [0.1, 0.15) is 34.4 Å². The molecule has 3 heterocycles. The highest BCUT2D eigenvalue weighted by Gasteiger charge is 2.37. The van der Waals surface area contributed by atoms with Crippen LogP contribution >= 0.6 is 0 Å². The topological polar surface area (TPSA) is 120 Å². The van der Waals surface area contributed by atoms with Crippen LogP contribution in [0.3, 0.4) is 0 Å². The number of phenols is 1. The summed E-state index contributed by atoms with van der Waals surface area (Å²) in [5.41, 5.74) is 1.97. The van der Waals surface area contributed by atoms with E-state index in [-0.39, 0.29) is 40.6 Å². The maximum atomic E-state index is 13.4. The highest BCUT2D eigenvalue weighted by Crippen LogP contribution is 2.48. The monoisotopic (exact) mass is 556 g/mol. The Bertz CT molecular complexity index is 1530. The minimum Gasteiger partial charge on any atom is -0.507 e. The van der Waals surface area contributed by atoms with Gasteiger partial charge >= 0.3 is 11.9 Å². The molecule has 2 aromatic carbocycles. The zero-order chi connectivity index (χ0) is 29.1. The Hall–Kier alpha value is -4.46. The summed E-state index contributed by atoms with van der Waals surface area (Å²) in [7, 11) is 0. The van der Waals surface area contributed by atoms with Gasteiger partial charge in [0, 0.05) is 29.5 Å². The summed E-state index contributed by atoms with van der Waals surface area (Å²) in [6, 6.07) is 12.1. The van der Waals surface area contributed by atoms with Gasteiger partial charge in [0.05, 0.1) is 18.4 Å². The van der Waals surface area contributed by atoms with E-state index in [1.807, 2.05) is 6.08 Å². The maximum absolute atomic E-state index is 13.4. The molecule has 8 nitrogen and oxygen atoms in total. The van der Waals surface area contributed by atoms with Gasteiger partial charge in [0.2, 0.25) is 0 Å². The summed E-state index contributed by atoms with van der Waals surface area (Å²) in [5, 5.41) is 11.6. The van der Waals surface area contributed by atoms with E-state index in [1.165, 1.54) is 6.92 Å². The third-order valence-corrected chi connectivity index (χ3v) is 7.52. The summed E-state index contributed by atoms with van der Waals surface area (Å²) in [5.74, 6) is -0.956. The number of esters is 2. The molecule has 0 fully saturated rings. The van der Waals surface area contributed by atoms with E-state index >= 15 is 0 Å². The largest absolute Gasteiger partial charge is 0.507 e. The fraction of sp³-hybridized carbons (Fsp3) is 0.333. The SMILES string of the molecule is CC(=O)c1ccc(-c2ccc(C3CC(=O)Oc4cc5c(c(O)c43)C(=O)OC(C)CCCC(=O)CCCC=C5)o2)cc1. The number of hydrogen-bond acceptors (Lipinski definition) is 8. The van der Waals surface area contributed by atoms with Crippen molar-refractivity contribution in [3.63, 3.8) is 0 Å². The molecule has 1 N–H and O–H groups in total. The summed E-state index contributed by atoms with van der Waals surface area (Å²) in [6.07, 6.45) is 6.32. The Balaban J connectivity index is 1.54. The highest BCUT2D eigenvalue weighted by molar-refractivity contribution is 5.99. The van der Waals surface area contributed by atoms with Crippen LogP contribution in [0, 0.1) is 0 Å². The molecule has 5 rings (SSSR count). The van der Waals surface area contributed by atoms with E-state index < -0.39 is 24.0 Å². The molecule has 41 heavy (non-hydrogen) atoms. The van der Waals surface area contributed by atoms with E-state index in [1.54, 1.807) is 55.5 Å². The third-order valence-electron chi connectivity index (χ3n) is 7.52. The van der Waals surface area contributed by atoms with Gasteiger partial charge in [-0.05, 0) is 63.3 Å². The van der Waals surface area contributed by atoms with Gasteiger partial charge in [-0.1, -0.05) is 36.4 Å². The maximum Gasteiger partial charge on any atom is 0.342 e. The van der Waals surface area contributed by atoms with E-state index in [0.29, 0.717) is 61.2 Å². The molecule has 1 aromatic heterocycles. The number of phenolic OH excluding ortho intramolecular Hbond substituents is 1. The van der Waals surface area contributed by atoms with Crippen molar-refractivity contribution in [3.8, 4) is 22.8 Å². The highest BCUT2D eigenvalue weighted by atomic mass is 16.5. The van der Waals surface area contributed by atoms with Crippen LogP contribution in [0.1, 0.15) is 102 Å². The zero-order valence-electron chi connectivity index (χ0n) is 23.1. The van der Waals surface area contributed by atoms with Gasteiger partial charge in [-0.3, -0.25) is 14.4 Å². The number of hydrogen-bond donors (Lipinski definition) is 1. The predicted octanol–water partition coefficient (Wildman–Crippen LogP) is 6.78. The number of carbonyl (C=O) groups is 4. The molecule has 0 amide bonds. The molecular weight excluding hydrogens is 524 g/mol. The number of benzene rings is 2. The molecule has 0 saturated heterocycles. The predicted molar refractivity (Wildman–Crippen MR) is 151 cm³/mol. The average Bonchev–Trinajstić information content (AvgIpc) is 3.42. The molecular formula is C33H32O8. The third kappa shape index (κ3) is 6.16. The molecule has 0 spiro atoms. The number of aromatic hydroxyl groups is 1. The van der Waals surface area contributed by atoms with Crippen LogP contribution in [0.25, 0.3) is 17.4 Å². The summed E-state index contributed by atoms with van der Waals surface area (Å²) < 4.78 is 17.4. The van der Waals surface area contributed by atoms with Gasteiger partial charge in [-0.15, -0.1) is 0 Å². The average molecular weight is 557 g/mol. The second-order valence-electron chi connectivity index (χ2n) is 10.6. The number of furan rings is 1. The van der Waals surface area contributed by atoms with Gasteiger partial charge in [-0.2, -0.15) is 0 Å². The molecule has 2 unspecified atom stereocenters. The van der Waals surface area contributed by atoms with Crippen molar-refractivity contribution in [1.29, 1.82) is 0 Å². The van der Waals surface area contributed by atoms with Gasteiger partial charge in [-0.25, -0.2) is 4.79 Å². The summed E-state index contributed by atoms with van der Waals surface area (Å²) in [6.45, 7) is 3.26. The normalized spacial score (nSPS) is 19.9. The molecule has 2 atom stereocenters. The van der Waals surface area contributed by atoms with Crippen molar-refractivity contribution in [2.45, 2.75) is 70.8 Å². The first-order valence-electron chi connectivity index (χ1n) is 13.9. The fourth-order valence-corrected chi connectivity index (χ4v) is 5.33. The van der Waals surface area contributed by atoms with Gasteiger partial charge < -0.3 is 19.0 Å². The van der Waals surface area contributed by atoms with Crippen molar-refractivity contribution in [1.82, 2.24) is 0 Å². The molecule has 212 valence electrons. The lowest BCUT2D eigenvalue weighted by atomic mass is 9.86. The Kier molecular flexibility index (Phi) is 8.19. The number of ketones is 2. The molecule has 2 aliphatic heterocycles. The first kappa shape index (κ1) is 28.1. The Morgan fingerprint density at radius 2 is 1.76 bits per heavy atom. The molecule has 0 radical (unpaired) electrons. The first-order valence-corrected chi connectivity index (χ1v) is 13.9. The van der Waals surface area contributed by atoms with Gasteiger partial charge in [0.25, 0.3) is 0 Å². The second kappa shape index (κ2) is 12.0. The van der Waals surface area contributed by atoms with Gasteiger partial charge in [0.15, 0.2) is 5.78 Å². The standard InChI is InChI=1S/C33H32O8/c1-19-7-6-10-24(35)9-5-3-4-8-23-17-28-31(32(37)30(23)33(38)39-19)25(18-29(36)41-28)27-16-15-26(40-27)22-13-11-21(12-14-22)20(2)34/h4,8,11-17,19,25,37H,3,5-7,9-10,18H2,1-2H3. The molecule has 3 aromatic rings. The second-order valence-corrected chi connectivity index (χ2v) is 10.6. The van der Waals surface area contributed by atoms with Crippen molar-refractivity contribution < 1.29 is 38.2 Å². The molecule has 0 saturated carbocycles. The first-order chi connectivity index (χ1) is 19.7. The van der Waals surface area contributed by atoms with E-state index in [9.17, 15) is 24.3 Å². The van der Waals surface area contributed by atoms with Crippen LogP contribution < -0.4 is 4.74 Å². The molecule has 8 heteroatoms. The summed E-state index contributed by atoms with van der Waals surface area (Å²) >= 11 is 0. The van der Waals surface area contributed by atoms with Crippen molar-refractivity contribution in [2.24, 2.45) is 0 Å². The molecule has 0 bridgehead atoms. The number of cyclic esters (lactones) is 1. The number of rotatable bonds is 3. The van der Waals surface area contributed by atoms with Crippen LogP contribution in [0.2, 0.25) is 0 Å². The summed E-state index contributed by atoms with van der Waals surface area (Å²) in [4.78, 5) is 49.8. The Labute approximate surface area is 238 Å². The fourth-order valence-electron chi connectivity index (χ4n) is 5.33. The van der Waals surface area contributed by atoms with E-state index in [2.05, 4.69) is 0 Å². The lowest BCUT2D eigenvalue weighted by Gasteiger charge is -2.26. The smallest absolute Gasteiger partial charge is 0.342 e. The van der Waals surface area contributed by atoms with Crippen molar-refractivity contribution in [2.75, 3.05) is 0 Å². The number of carbonyl (C=O) groups excluding carboxylic acids is 4. The number of ether oxygens (including phenoxy) is 2. The number of Topliss-reactive ketones (excluding diaryl/α,β-unsaturated/α-hetero) is 2. The van der Waals surface area contributed by atoms with Crippen molar-refractivity contribution >= 4 is 29.6 Å². The van der Waals surface area contributed by atoms with Crippen LogP contribution in [-0.2, 0) is 14.3 Å². The Morgan fingerprint density at radius 1 is 1.00 bits per heavy atom. The van der Waals surface area contributed by atoms with Crippen molar-refractivity contribution in [3.05, 3.63) is 76.6 Å².